The topological polar surface area (TPSA) is 35.5 Å². The fourth-order valence-electron chi connectivity index (χ4n) is 2.40. The van der Waals surface area contributed by atoms with Gasteiger partial charge < -0.3 is 15.3 Å². The van der Waals surface area contributed by atoms with Gasteiger partial charge in [-0.05, 0) is 46.2 Å². The van der Waals surface area contributed by atoms with E-state index in [-0.39, 0.29) is 0 Å². The molecule has 16 heavy (non-hydrogen) atoms. The van der Waals surface area contributed by atoms with Crippen molar-refractivity contribution in [2.45, 2.75) is 51.2 Å². The van der Waals surface area contributed by atoms with Gasteiger partial charge in [-0.3, -0.25) is 0 Å². The summed E-state index contributed by atoms with van der Waals surface area (Å²) in [5, 5.41) is 13.8. The van der Waals surface area contributed by atoms with E-state index >= 15 is 0 Å². The second-order valence-electron chi connectivity index (χ2n) is 5.85. The number of aliphatic hydroxyl groups is 1. The van der Waals surface area contributed by atoms with Gasteiger partial charge in [0.15, 0.2) is 0 Å². The summed E-state index contributed by atoms with van der Waals surface area (Å²) in [4.78, 5) is 2.04. The fourth-order valence-corrected chi connectivity index (χ4v) is 2.40. The van der Waals surface area contributed by atoms with Gasteiger partial charge in [0.05, 0.1) is 5.60 Å². The molecule has 3 nitrogen and oxygen atoms in total. The zero-order valence-corrected chi connectivity index (χ0v) is 11.3. The number of nitrogens with zero attached hydrogens (tertiary/aromatic N) is 1. The molecule has 0 radical (unpaired) electrons. The van der Waals surface area contributed by atoms with Crippen molar-refractivity contribution in [3.05, 3.63) is 0 Å². The van der Waals surface area contributed by atoms with Crippen LogP contribution in [0.15, 0.2) is 0 Å². The Balaban J connectivity index is 2.29. The first-order valence-corrected chi connectivity index (χ1v) is 6.55. The average molecular weight is 228 g/mol. The molecule has 0 heterocycles. The predicted octanol–water partition coefficient (Wildman–Crippen LogP) is 1.47. The fraction of sp³-hybridized carbons (Fsp3) is 1.00. The first kappa shape index (κ1) is 13.9. The minimum Gasteiger partial charge on any atom is -0.388 e. The zero-order chi connectivity index (χ0) is 12.2. The summed E-state index contributed by atoms with van der Waals surface area (Å²) in [6, 6.07) is 0.624. The van der Waals surface area contributed by atoms with E-state index in [4.69, 9.17) is 0 Å². The third-order valence-electron chi connectivity index (χ3n) is 3.19. The summed E-state index contributed by atoms with van der Waals surface area (Å²) < 4.78 is 0. The number of hydrogen-bond donors (Lipinski definition) is 2. The Morgan fingerprint density at radius 2 is 2.06 bits per heavy atom. The number of nitrogens with one attached hydrogen (secondary N) is 1. The summed E-state index contributed by atoms with van der Waals surface area (Å²) >= 11 is 0. The average Bonchev–Trinajstić information content (AvgIpc) is 2.93. The molecule has 1 fully saturated rings. The smallest absolute Gasteiger partial charge is 0.0869 e. The molecule has 0 aromatic rings. The Labute approximate surface area is 100 Å². The Bertz CT molecular complexity index is 200. The van der Waals surface area contributed by atoms with Crippen LogP contribution in [0.1, 0.15) is 39.5 Å². The van der Waals surface area contributed by atoms with Crippen LogP contribution in [0.4, 0.5) is 0 Å². The third-order valence-corrected chi connectivity index (χ3v) is 3.19. The molecule has 1 aliphatic carbocycles. The molecule has 0 spiro atoms. The molecule has 0 aromatic heterocycles. The van der Waals surface area contributed by atoms with Gasteiger partial charge in [-0.25, -0.2) is 0 Å². The van der Waals surface area contributed by atoms with Crippen molar-refractivity contribution in [2.24, 2.45) is 5.92 Å². The lowest BCUT2D eigenvalue weighted by molar-refractivity contribution is 0.0303. The molecular formula is C13H28N2O. The van der Waals surface area contributed by atoms with Crippen molar-refractivity contribution in [1.82, 2.24) is 10.2 Å². The monoisotopic (exact) mass is 228 g/mol. The molecule has 2 unspecified atom stereocenters. The molecule has 0 aliphatic heterocycles. The molecule has 2 N–H and O–H groups in total. The highest BCUT2D eigenvalue weighted by atomic mass is 16.3. The van der Waals surface area contributed by atoms with Crippen molar-refractivity contribution in [1.29, 1.82) is 0 Å². The summed E-state index contributed by atoms with van der Waals surface area (Å²) in [5.41, 5.74) is -0.621. The maximum absolute atomic E-state index is 10.2. The lowest BCUT2D eigenvalue weighted by Gasteiger charge is -2.29. The molecule has 0 amide bonds. The Kier molecular flexibility index (Phi) is 5.22. The molecule has 0 saturated heterocycles. The first-order valence-electron chi connectivity index (χ1n) is 6.55. The van der Waals surface area contributed by atoms with E-state index in [2.05, 4.69) is 12.2 Å². The van der Waals surface area contributed by atoms with E-state index in [1.54, 1.807) is 0 Å². The van der Waals surface area contributed by atoms with Crippen LogP contribution in [0.25, 0.3) is 0 Å². The predicted molar refractivity (Wildman–Crippen MR) is 68.6 cm³/mol. The van der Waals surface area contributed by atoms with Crippen molar-refractivity contribution < 1.29 is 5.11 Å². The van der Waals surface area contributed by atoms with E-state index in [0.29, 0.717) is 19.1 Å². The highest BCUT2D eigenvalue weighted by Crippen LogP contribution is 2.34. The van der Waals surface area contributed by atoms with Crippen LogP contribution < -0.4 is 5.32 Å². The lowest BCUT2D eigenvalue weighted by Crippen LogP contribution is -2.48. The summed E-state index contributed by atoms with van der Waals surface area (Å²) in [5.74, 6) is 0.870. The van der Waals surface area contributed by atoms with Crippen LogP contribution in [0, 0.1) is 5.92 Å². The number of rotatable bonds is 8. The van der Waals surface area contributed by atoms with Gasteiger partial charge in [-0.1, -0.05) is 13.3 Å². The van der Waals surface area contributed by atoms with Gasteiger partial charge in [0, 0.05) is 19.1 Å². The molecule has 1 saturated carbocycles. The molecule has 2 atom stereocenters. The van der Waals surface area contributed by atoms with Gasteiger partial charge in [0.1, 0.15) is 0 Å². The molecule has 1 aliphatic rings. The summed E-state index contributed by atoms with van der Waals surface area (Å²) in [6.07, 6.45) is 5.20. The maximum Gasteiger partial charge on any atom is 0.0869 e. The van der Waals surface area contributed by atoms with Crippen molar-refractivity contribution >= 4 is 0 Å². The Morgan fingerprint density at radius 3 is 2.50 bits per heavy atom. The molecular weight excluding hydrogens is 200 g/mol. The van der Waals surface area contributed by atoms with Gasteiger partial charge in [-0.15, -0.1) is 0 Å². The second-order valence-corrected chi connectivity index (χ2v) is 5.85. The van der Waals surface area contributed by atoms with Crippen LogP contribution in [-0.4, -0.2) is 48.8 Å². The van der Waals surface area contributed by atoms with E-state index in [9.17, 15) is 5.11 Å². The van der Waals surface area contributed by atoms with Crippen LogP contribution in [0.3, 0.4) is 0 Å². The first-order chi connectivity index (χ1) is 7.44. The normalized spacial score (nSPS) is 22.1. The van der Waals surface area contributed by atoms with Gasteiger partial charge in [0.25, 0.3) is 0 Å². The quantitative estimate of drug-likeness (QED) is 0.660. The lowest BCUT2D eigenvalue weighted by atomic mass is 10.0. The van der Waals surface area contributed by atoms with Crippen LogP contribution >= 0.6 is 0 Å². The van der Waals surface area contributed by atoms with E-state index < -0.39 is 5.60 Å². The van der Waals surface area contributed by atoms with E-state index in [1.807, 2.05) is 25.9 Å². The minimum atomic E-state index is -0.621. The van der Waals surface area contributed by atoms with Crippen LogP contribution in [-0.2, 0) is 0 Å². The van der Waals surface area contributed by atoms with Crippen LogP contribution in [0.5, 0.6) is 0 Å². The van der Waals surface area contributed by atoms with Gasteiger partial charge in [-0.2, -0.15) is 0 Å². The Morgan fingerprint density at radius 1 is 1.44 bits per heavy atom. The van der Waals surface area contributed by atoms with Crippen molar-refractivity contribution in [3.63, 3.8) is 0 Å². The van der Waals surface area contributed by atoms with Crippen molar-refractivity contribution in [2.75, 3.05) is 27.2 Å². The highest BCUT2D eigenvalue weighted by molar-refractivity contribution is 4.88. The highest BCUT2D eigenvalue weighted by Gasteiger charge is 2.32. The largest absolute Gasteiger partial charge is 0.388 e. The molecule has 3 heteroatoms. The summed E-state index contributed by atoms with van der Waals surface area (Å²) in [6.45, 7) is 5.56. The van der Waals surface area contributed by atoms with Crippen LogP contribution in [0.2, 0.25) is 0 Å². The number of likely N-dealkylation sites (N-methyl/N-ethyl adjacent to an activating group) is 1. The SMILES string of the molecule is CCCC(NCC(C)(O)CN(C)C)C1CC1. The standard InChI is InChI=1S/C13H28N2O/c1-5-6-12(11-7-8-11)14-9-13(2,16)10-15(3)4/h11-12,14,16H,5-10H2,1-4H3. The van der Waals surface area contributed by atoms with Crippen molar-refractivity contribution in [3.8, 4) is 0 Å². The van der Waals surface area contributed by atoms with Gasteiger partial charge >= 0.3 is 0 Å². The third kappa shape index (κ3) is 5.28. The summed E-state index contributed by atoms with van der Waals surface area (Å²) in [7, 11) is 4.00. The van der Waals surface area contributed by atoms with E-state index in [0.717, 1.165) is 5.92 Å². The number of hydrogen-bond acceptors (Lipinski definition) is 3. The molecule has 96 valence electrons. The molecule has 0 aromatic carbocycles. The van der Waals surface area contributed by atoms with Gasteiger partial charge in [0.2, 0.25) is 0 Å². The minimum absolute atomic E-state index is 0.621. The second kappa shape index (κ2) is 5.99. The Hall–Kier alpha value is -0.120. The molecule has 1 rings (SSSR count). The maximum atomic E-state index is 10.2. The molecule has 0 bridgehead atoms. The zero-order valence-electron chi connectivity index (χ0n) is 11.3. The van der Waals surface area contributed by atoms with E-state index in [1.165, 1.54) is 25.7 Å².